The maximum atomic E-state index is 2.99. The van der Waals surface area contributed by atoms with E-state index in [2.05, 4.69) is 126 Å². The maximum absolute atomic E-state index is 2.99. The third-order valence-electron chi connectivity index (χ3n) is 8.26. The van der Waals surface area contributed by atoms with Crippen LogP contribution in [-0.4, -0.2) is 3.21 Å². The Hall–Kier alpha value is -0.877. The molecule has 0 heterocycles. The molecule has 1 saturated carbocycles. The van der Waals surface area contributed by atoms with E-state index in [1.807, 2.05) is 12.2 Å². The average molecular weight is 699 g/mol. The summed E-state index contributed by atoms with van der Waals surface area (Å²) in [4.78, 5) is 0. The summed E-state index contributed by atoms with van der Waals surface area (Å²) in [5, 5.41) is 5.57. The standard InChI is InChI=1S/C29H41.C6H10.C5H5.2ClH.Zr/c1-26(2,3)22-14-18-13-19-15-23(27(4,5)6)25(29(10,11)12)17-21(19)20(18)16-24(22)28(7,8)9;1-2-4-6-5-3-1;1-2-4-5-3-1;;;/h13-17H,1-12H3;1-5H2;1-3H,4H2;2*1H;/q-1;;-1;;;+2/p-2. The summed E-state index contributed by atoms with van der Waals surface area (Å²) in [5.41, 5.74) is 6.40. The monoisotopic (exact) mass is 696 g/mol. The van der Waals surface area contributed by atoms with Gasteiger partial charge in [0.25, 0.3) is 0 Å². The van der Waals surface area contributed by atoms with Gasteiger partial charge in [0.2, 0.25) is 0 Å². The second kappa shape index (κ2) is 15.6. The van der Waals surface area contributed by atoms with Gasteiger partial charge in [-0.2, -0.15) is 6.08 Å². The van der Waals surface area contributed by atoms with Crippen LogP contribution >= 0.6 is 0 Å². The van der Waals surface area contributed by atoms with Gasteiger partial charge in [0.1, 0.15) is 0 Å². The van der Waals surface area contributed by atoms with Gasteiger partial charge in [0, 0.05) is 0 Å². The van der Waals surface area contributed by atoms with Gasteiger partial charge in [0.05, 0.1) is 0 Å². The van der Waals surface area contributed by atoms with Gasteiger partial charge < -0.3 is 24.8 Å². The summed E-state index contributed by atoms with van der Waals surface area (Å²) in [7, 11) is 0. The van der Waals surface area contributed by atoms with E-state index in [0.717, 1.165) is 6.42 Å². The van der Waals surface area contributed by atoms with Gasteiger partial charge in [-0.25, -0.2) is 12.2 Å². The molecular weight excluding hydrogens is 643 g/mol. The van der Waals surface area contributed by atoms with Crippen molar-refractivity contribution in [3.05, 3.63) is 76.9 Å². The minimum atomic E-state index is 0. The fourth-order valence-corrected chi connectivity index (χ4v) is 6.78. The average Bonchev–Trinajstić information content (AvgIpc) is 3.52. The molecule has 0 unspecified atom stereocenters. The van der Waals surface area contributed by atoms with Crippen LogP contribution in [0, 0.1) is 6.08 Å². The van der Waals surface area contributed by atoms with E-state index >= 15 is 0 Å². The molecule has 0 aliphatic heterocycles. The Bertz CT molecular complexity index is 1320. The number of fused-ring (bicyclic) bond motifs is 3. The van der Waals surface area contributed by atoms with Crippen molar-refractivity contribution in [2.75, 3.05) is 0 Å². The number of hydrogen-bond acceptors (Lipinski definition) is 0. The molecule has 3 aromatic carbocycles. The number of allylic oxidation sites excluding steroid dienone is 4. The quantitative estimate of drug-likeness (QED) is 0.257. The van der Waals surface area contributed by atoms with Crippen LogP contribution < -0.4 is 24.8 Å². The van der Waals surface area contributed by atoms with E-state index < -0.39 is 0 Å². The predicted octanol–water partition coefficient (Wildman–Crippen LogP) is 5.89. The first-order chi connectivity index (χ1) is 18.8. The molecule has 3 aromatic rings. The summed E-state index contributed by atoms with van der Waals surface area (Å²) >= 11 is 1.69. The molecule has 0 N–H and O–H groups in total. The Morgan fingerprint density at radius 2 is 0.953 bits per heavy atom. The molecule has 0 amide bonds. The van der Waals surface area contributed by atoms with E-state index in [-0.39, 0.29) is 46.5 Å². The van der Waals surface area contributed by atoms with Crippen molar-refractivity contribution in [3.8, 4) is 0 Å². The van der Waals surface area contributed by atoms with Crippen LogP contribution in [0.25, 0.3) is 21.5 Å². The van der Waals surface area contributed by atoms with Gasteiger partial charge in [-0.15, -0.1) is 46.2 Å². The van der Waals surface area contributed by atoms with E-state index in [4.69, 9.17) is 0 Å². The molecule has 0 aromatic heterocycles. The number of hydrogen-bond donors (Lipinski definition) is 0. The number of halogens is 2. The van der Waals surface area contributed by atoms with Gasteiger partial charge in [0.15, 0.2) is 0 Å². The Morgan fingerprint density at radius 1 is 0.581 bits per heavy atom. The van der Waals surface area contributed by atoms with Gasteiger partial charge in [-0.3, -0.25) is 6.08 Å². The number of rotatable bonds is 0. The summed E-state index contributed by atoms with van der Waals surface area (Å²) in [6.07, 6.45) is 17.3. The van der Waals surface area contributed by atoms with Crippen LogP contribution in [0.5, 0.6) is 0 Å². The fourth-order valence-electron chi connectivity index (χ4n) is 5.91. The number of benzene rings is 2. The Balaban J connectivity index is 0.000000546. The van der Waals surface area contributed by atoms with Crippen molar-refractivity contribution in [2.45, 2.75) is 143 Å². The topological polar surface area (TPSA) is 0 Å². The van der Waals surface area contributed by atoms with Crippen LogP contribution in [0.3, 0.4) is 0 Å². The normalized spacial score (nSPS) is 15.3. The van der Waals surface area contributed by atoms with Gasteiger partial charge in [-0.1, -0.05) is 117 Å². The van der Waals surface area contributed by atoms with Crippen LogP contribution in [0.1, 0.15) is 144 Å². The molecule has 0 radical (unpaired) electrons. The molecule has 0 spiro atoms. The van der Waals surface area contributed by atoms with E-state index in [1.165, 1.54) is 75.9 Å². The molecular formula is C40H56Cl2Zr-2. The third kappa shape index (κ3) is 10.9. The third-order valence-corrected chi connectivity index (χ3v) is 9.48. The van der Waals surface area contributed by atoms with Crippen LogP contribution in [-0.2, 0) is 45.9 Å². The Labute approximate surface area is 292 Å². The zero-order valence-electron chi connectivity index (χ0n) is 29.1. The fraction of sp³-hybridized carbons (Fsp3) is 0.550. The van der Waals surface area contributed by atoms with Crippen LogP contribution in [0.2, 0.25) is 0 Å². The molecule has 0 saturated heterocycles. The van der Waals surface area contributed by atoms with Crippen LogP contribution in [0.4, 0.5) is 0 Å². The molecule has 0 nitrogen and oxygen atoms in total. The van der Waals surface area contributed by atoms with Crippen molar-refractivity contribution in [1.82, 2.24) is 0 Å². The second-order valence-corrected chi connectivity index (χ2v) is 18.0. The van der Waals surface area contributed by atoms with Gasteiger partial charge >= 0.3 is 59.5 Å². The molecule has 43 heavy (non-hydrogen) atoms. The first-order valence-electron chi connectivity index (χ1n) is 15.8. The molecule has 3 heteroatoms. The van der Waals surface area contributed by atoms with E-state index in [9.17, 15) is 0 Å². The molecule has 1 fully saturated rings. The predicted molar refractivity (Wildman–Crippen MR) is 182 cm³/mol. The van der Waals surface area contributed by atoms with Crippen molar-refractivity contribution in [1.29, 1.82) is 0 Å². The van der Waals surface area contributed by atoms with E-state index in [1.54, 1.807) is 27.4 Å². The summed E-state index contributed by atoms with van der Waals surface area (Å²) in [6, 6.07) is 12.3. The molecule has 5 rings (SSSR count). The van der Waals surface area contributed by atoms with Gasteiger partial charge in [-0.05, 0) is 21.7 Å². The van der Waals surface area contributed by atoms with Crippen molar-refractivity contribution in [2.24, 2.45) is 0 Å². The molecule has 236 valence electrons. The van der Waals surface area contributed by atoms with Crippen LogP contribution in [0.15, 0.2) is 48.6 Å². The second-order valence-electron chi connectivity index (χ2n) is 16.3. The molecule has 0 atom stereocenters. The van der Waals surface area contributed by atoms with Crippen molar-refractivity contribution in [3.63, 3.8) is 0 Å². The first kappa shape index (κ1) is 40.1. The van der Waals surface area contributed by atoms with E-state index in [0.29, 0.717) is 0 Å². The Morgan fingerprint density at radius 3 is 1.19 bits per heavy atom. The minimum absolute atomic E-state index is 0. The summed E-state index contributed by atoms with van der Waals surface area (Å²) < 4.78 is 1.80. The van der Waals surface area contributed by atoms with Crippen molar-refractivity contribution >= 4 is 24.8 Å². The molecule has 0 bridgehead atoms. The SMILES string of the molecule is CC(C)(C)c1cc2[cH-]c3cc(C(C)(C)C)c(C(C)(C)C)cc3c2cc1C(C)(C)C.[C-]1=CC=CC1.[Cl-].[Cl-].[Zr+2]=[C]1CCCCC1. The molecule has 2 aliphatic carbocycles. The first-order valence-corrected chi connectivity index (χ1v) is 17.0. The Kier molecular flexibility index (Phi) is 14.6. The molecule has 2 aliphatic rings. The summed E-state index contributed by atoms with van der Waals surface area (Å²) in [5.74, 6) is 0. The zero-order chi connectivity index (χ0) is 30.8. The van der Waals surface area contributed by atoms with Crippen molar-refractivity contribution < 1.29 is 49.0 Å². The summed E-state index contributed by atoms with van der Waals surface area (Å²) in [6.45, 7) is 28.0. The zero-order valence-corrected chi connectivity index (χ0v) is 33.1.